The maximum absolute atomic E-state index is 7.70. The van der Waals surface area contributed by atoms with Gasteiger partial charge in [-0.15, -0.1) is 0 Å². The Morgan fingerprint density at radius 2 is 0.621 bits per heavy atom. The fraction of sp³-hybridized carbons (Fsp3) is 0.129. The summed E-state index contributed by atoms with van der Waals surface area (Å²) in [4.78, 5) is 0. The molecular formula is C62H48N2O2. The molecule has 0 saturated carbocycles. The predicted octanol–water partition coefficient (Wildman–Crippen LogP) is 17.4. The van der Waals surface area contributed by atoms with Gasteiger partial charge < -0.3 is 17.6 Å². The molecule has 0 fully saturated rings. The Hall–Kier alpha value is -7.82. The number of hydrogen-bond donors (Lipinski definition) is 0. The van der Waals surface area contributed by atoms with Crippen molar-refractivity contribution >= 4 is 77.0 Å². The summed E-state index contributed by atoms with van der Waals surface area (Å²) in [5.41, 5.74) is 29.0. The van der Waals surface area contributed by atoms with Gasteiger partial charge in [0.05, 0.1) is 32.8 Å². The lowest BCUT2D eigenvalue weighted by Crippen LogP contribution is -1.96. The van der Waals surface area contributed by atoms with E-state index in [4.69, 9.17) is 8.83 Å². The molecule has 4 heteroatoms. The average molecular weight is 853 g/mol. The number of benzene rings is 9. The van der Waals surface area contributed by atoms with Crippen LogP contribution >= 0.6 is 0 Å². The quantitative estimate of drug-likeness (QED) is 0.165. The van der Waals surface area contributed by atoms with Crippen molar-refractivity contribution in [2.75, 3.05) is 0 Å². The summed E-state index contributed by atoms with van der Waals surface area (Å²) >= 11 is 0. The highest BCUT2D eigenvalue weighted by molar-refractivity contribution is 6.35. The molecule has 0 unspecified atom stereocenters. The van der Waals surface area contributed by atoms with E-state index in [1.807, 2.05) is 0 Å². The van der Waals surface area contributed by atoms with Gasteiger partial charge in [0.2, 0.25) is 0 Å². The minimum Gasteiger partial charge on any atom is -0.452 e. The fourth-order valence-corrected chi connectivity index (χ4v) is 12.0. The van der Waals surface area contributed by atoms with Crippen LogP contribution in [-0.2, 0) is 0 Å². The zero-order chi connectivity index (χ0) is 44.9. The fourth-order valence-electron chi connectivity index (χ4n) is 12.0. The van der Waals surface area contributed by atoms with Gasteiger partial charge in [-0.3, -0.25) is 0 Å². The van der Waals surface area contributed by atoms with E-state index in [-0.39, 0.29) is 0 Å². The van der Waals surface area contributed by atoms with Crippen LogP contribution in [0.4, 0.5) is 0 Å². The Morgan fingerprint density at radius 1 is 0.303 bits per heavy atom. The zero-order valence-corrected chi connectivity index (χ0v) is 38.6. The lowest BCUT2D eigenvalue weighted by molar-refractivity contribution is 0.654. The number of nitrogens with zero attached hydrogens (tertiary/aromatic N) is 2. The molecule has 0 spiro atoms. The molecule has 0 N–H and O–H groups in total. The number of hydrogen-bond acceptors (Lipinski definition) is 2. The summed E-state index contributed by atoms with van der Waals surface area (Å²) in [7, 11) is 0. The molecular weight excluding hydrogens is 805 g/mol. The first-order valence-electron chi connectivity index (χ1n) is 23.1. The first-order chi connectivity index (χ1) is 32.1. The van der Waals surface area contributed by atoms with E-state index in [1.165, 1.54) is 77.9 Å². The van der Waals surface area contributed by atoms with Crippen molar-refractivity contribution in [3.8, 4) is 44.5 Å². The van der Waals surface area contributed by atoms with Gasteiger partial charge in [0.25, 0.3) is 0 Å². The van der Waals surface area contributed by atoms with Crippen LogP contribution in [0.3, 0.4) is 0 Å². The van der Waals surface area contributed by atoms with Crippen LogP contribution < -0.4 is 0 Å². The normalized spacial score (nSPS) is 12.2. The van der Waals surface area contributed by atoms with Gasteiger partial charge in [-0.1, -0.05) is 109 Å². The van der Waals surface area contributed by atoms with Crippen molar-refractivity contribution in [1.82, 2.24) is 8.80 Å². The topological polar surface area (TPSA) is 35.1 Å². The van der Waals surface area contributed by atoms with E-state index in [0.29, 0.717) is 0 Å². The molecule has 318 valence electrons. The summed E-state index contributed by atoms with van der Waals surface area (Å²) in [6.45, 7) is 17.7. The van der Waals surface area contributed by atoms with Gasteiger partial charge in [0.15, 0.2) is 22.3 Å². The van der Waals surface area contributed by atoms with Crippen LogP contribution in [-0.4, -0.2) is 8.80 Å². The van der Waals surface area contributed by atoms with E-state index >= 15 is 0 Å². The van der Waals surface area contributed by atoms with Crippen LogP contribution in [0.1, 0.15) is 44.5 Å². The second-order valence-corrected chi connectivity index (χ2v) is 18.8. The molecule has 0 aliphatic heterocycles. The molecule has 0 amide bonds. The molecule has 4 heterocycles. The van der Waals surface area contributed by atoms with Crippen molar-refractivity contribution in [2.24, 2.45) is 0 Å². The van der Waals surface area contributed by atoms with Crippen LogP contribution in [0.5, 0.6) is 0 Å². The zero-order valence-electron chi connectivity index (χ0n) is 38.6. The summed E-state index contributed by atoms with van der Waals surface area (Å²) in [5, 5.41) is 4.34. The number of rotatable bonds is 4. The summed E-state index contributed by atoms with van der Waals surface area (Å²) < 4.78 is 20.3. The number of para-hydroxylation sites is 2. The molecule has 0 bridgehead atoms. The second kappa shape index (κ2) is 13.8. The lowest BCUT2D eigenvalue weighted by atomic mass is 9.94. The molecule has 4 nitrogen and oxygen atoms in total. The van der Waals surface area contributed by atoms with Crippen LogP contribution in [0, 0.1) is 55.4 Å². The summed E-state index contributed by atoms with van der Waals surface area (Å²) in [6, 6.07) is 53.6. The summed E-state index contributed by atoms with van der Waals surface area (Å²) in [6.07, 6.45) is 0. The molecule has 0 aliphatic carbocycles. The van der Waals surface area contributed by atoms with Crippen molar-refractivity contribution in [2.45, 2.75) is 55.4 Å². The SMILES string of the molecule is Cc1cccc(C)c1-c1ccc2c(c1)c1c3oc4c(-c5c(C)cccc5C)cccc4n4c5ccc(-c6c(C)cccc6C)cc5c(c5oc6c(-c7c(C)cccc7C)cccc6n2c51)c34. The maximum Gasteiger partial charge on any atom is 0.162 e. The Morgan fingerprint density at radius 3 is 0.970 bits per heavy atom. The van der Waals surface area contributed by atoms with Crippen molar-refractivity contribution < 1.29 is 8.83 Å². The molecule has 0 radical (unpaired) electrons. The highest BCUT2D eigenvalue weighted by Gasteiger charge is 2.30. The van der Waals surface area contributed by atoms with E-state index in [0.717, 1.165) is 88.1 Å². The van der Waals surface area contributed by atoms with Crippen molar-refractivity contribution in [1.29, 1.82) is 0 Å². The van der Waals surface area contributed by atoms with Crippen molar-refractivity contribution in [3.63, 3.8) is 0 Å². The third kappa shape index (κ3) is 5.15. The number of fused-ring (bicyclic) bond motifs is 12. The smallest absolute Gasteiger partial charge is 0.162 e. The Bertz CT molecular complexity index is 3900. The minimum atomic E-state index is 0.847. The second-order valence-electron chi connectivity index (χ2n) is 18.8. The molecule has 66 heavy (non-hydrogen) atoms. The van der Waals surface area contributed by atoms with Gasteiger partial charge in [-0.05, 0) is 170 Å². The van der Waals surface area contributed by atoms with Gasteiger partial charge in [-0.25, -0.2) is 0 Å². The van der Waals surface area contributed by atoms with Crippen LogP contribution in [0.15, 0.2) is 154 Å². The molecule has 0 aliphatic rings. The molecule has 0 atom stereocenters. The lowest BCUT2D eigenvalue weighted by Gasteiger charge is -2.16. The third-order valence-corrected chi connectivity index (χ3v) is 14.7. The number of aryl methyl sites for hydroxylation is 8. The Kier molecular flexibility index (Phi) is 8.10. The van der Waals surface area contributed by atoms with Gasteiger partial charge in [-0.2, -0.15) is 0 Å². The third-order valence-electron chi connectivity index (χ3n) is 14.7. The van der Waals surface area contributed by atoms with Gasteiger partial charge in [0.1, 0.15) is 11.0 Å². The van der Waals surface area contributed by atoms with E-state index < -0.39 is 0 Å². The molecule has 13 rings (SSSR count). The van der Waals surface area contributed by atoms with E-state index in [1.54, 1.807) is 0 Å². The standard InChI is InChI=1S/C62H48N2O2/c1-33-15-9-16-34(2)51(33)41-27-29-47-45(31-41)55-57-62(66-59-43(23-13-25-49(59)63(47)57)53-37(5)19-11-20-38(53)6)56-46-32-42(52-35(3)17-10-18-36(52)4)28-30-48(46)64-50-26-14-24-44(60(50)65-61(55)58(56)64)54-39(7)21-12-22-40(54)8/h9-32H,1-8H3. The van der Waals surface area contributed by atoms with Crippen LogP contribution in [0.25, 0.3) is 121 Å². The van der Waals surface area contributed by atoms with E-state index in [9.17, 15) is 0 Å². The highest BCUT2D eigenvalue weighted by Crippen LogP contribution is 2.51. The number of aromatic nitrogens is 2. The molecule has 13 aromatic rings. The van der Waals surface area contributed by atoms with Crippen molar-refractivity contribution in [3.05, 3.63) is 190 Å². The van der Waals surface area contributed by atoms with Gasteiger partial charge >= 0.3 is 0 Å². The monoisotopic (exact) mass is 852 g/mol. The molecule has 9 aromatic carbocycles. The maximum atomic E-state index is 7.70. The highest BCUT2D eigenvalue weighted by atomic mass is 16.3. The van der Waals surface area contributed by atoms with Crippen LogP contribution in [0.2, 0.25) is 0 Å². The Balaban J connectivity index is 1.32. The van der Waals surface area contributed by atoms with Gasteiger partial charge in [0, 0.05) is 21.9 Å². The summed E-state index contributed by atoms with van der Waals surface area (Å²) in [5.74, 6) is 0. The van der Waals surface area contributed by atoms with E-state index in [2.05, 4.69) is 210 Å². The predicted molar refractivity (Wildman–Crippen MR) is 278 cm³/mol. The first kappa shape index (κ1) is 38.6. The Labute approximate surface area is 382 Å². The molecule has 4 aromatic heterocycles. The molecule has 0 saturated heterocycles. The first-order valence-corrected chi connectivity index (χ1v) is 23.1. The minimum absolute atomic E-state index is 0.847. The largest absolute Gasteiger partial charge is 0.452 e. The average Bonchev–Trinajstić information content (AvgIpc) is 3.83.